The maximum Gasteiger partial charge on any atom is 0.229 e. The molecule has 5 heteroatoms. The van der Waals surface area contributed by atoms with Gasteiger partial charge in [-0.05, 0) is 55.2 Å². The van der Waals surface area contributed by atoms with Gasteiger partial charge in [0.1, 0.15) is 11.6 Å². The van der Waals surface area contributed by atoms with Gasteiger partial charge in [0.2, 0.25) is 5.95 Å². The van der Waals surface area contributed by atoms with Gasteiger partial charge in [0.25, 0.3) is 0 Å². The van der Waals surface area contributed by atoms with Crippen LogP contribution in [0.15, 0.2) is 48.0 Å². The molecule has 0 saturated carbocycles. The Morgan fingerprint density at radius 2 is 1.86 bits per heavy atom. The Hall–Kier alpha value is -3.34. The van der Waals surface area contributed by atoms with Crippen molar-refractivity contribution in [2.75, 3.05) is 24.8 Å². The van der Waals surface area contributed by atoms with Gasteiger partial charge in [-0.3, -0.25) is 0 Å². The second-order valence-electron chi connectivity index (χ2n) is 7.09. The third-order valence-corrected chi connectivity index (χ3v) is 4.89. The third kappa shape index (κ3) is 3.56. The largest absolute Gasteiger partial charge is 0.496 e. The van der Waals surface area contributed by atoms with E-state index in [-0.39, 0.29) is 0 Å². The van der Waals surface area contributed by atoms with E-state index in [1.54, 1.807) is 7.11 Å². The SMILES string of the molecule is CNc1cc(C)nc(Nc2ccc(OC)c(-c3ccc4c(c3)CC(C)=C4)c2)n1. The Bertz CT molecular complexity index is 1070. The van der Waals surface area contributed by atoms with Crippen LogP contribution in [0.3, 0.4) is 0 Å². The van der Waals surface area contributed by atoms with Crippen LogP contribution >= 0.6 is 0 Å². The van der Waals surface area contributed by atoms with Gasteiger partial charge in [0.15, 0.2) is 0 Å². The molecule has 0 atom stereocenters. The number of nitrogens with zero attached hydrogens (tertiary/aromatic N) is 2. The van der Waals surface area contributed by atoms with E-state index in [9.17, 15) is 0 Å². The molecule has 1 aromatic heterocycles. The highest BCUT2D eigenvalue weighted by Crippen LogP contribution is 2.36. The van der Waals surface area contributed by atoms with Gasteiger partial charge in [-0.15, -0.1) is 0 Å². The first-order valence-corrected chi connectivity index (χ1v) is 9.34. The van der Waals surface area contributed by atoms with Crippen molar-refractivity contribution < 1.29 is 4.74 Å². The summed E-state index contributed by atoms with van der Waals surface area (Å²) in [5.41, 5.74) is 8.06. The fraction of sp³-hybridized carbons (Fsp3) is 0.217. The number of aryl methyl sites for hydroxylation is 1. The van der Waals surface area contributed by atoms with Crippen LogP contribution in [0.4, 0.5) is 17.5 Å². The molecule has 0 aliphatic heterocycles. The fourth-order valence-electron chi connectivity index (χ4n) is 3.58. The summed E-state index contributed by atoms with van der Waals surface area (Å²) < 4.78 is 5.62. The maximum absolute atomic E-state index is 5.62. The lowest BCUT2D eigenvalue weighted by Crippen LogP contribution is -2.02. The first kappa shape index (κ1) is 18.0. The van der Waals surface area contributed by atoms with Crippen LogP contribution in [0.1, 0.15) is 23.7 Å². The molecular formula is C23H24N4O. The van der Waals surface area contributed by atoms with E-state index in [1.165, 1.54) is 16.7 Å². The smallest absolute Gasteiger partial charge is 0.229 e. The summed E-state index contributed by atoms with van der Waals surface area (Å²) in [7, 11) is 3.55. The number of benzene rings is 2. The average Bonchev–Trinajstić information content (AvgIpc) is 3.06. The third-order valence-electron chi connectivity index (χ3n) is 4.89. The number of hydrogen-bond donors (Lipinski definition) is 2. The predicted octanol–water partition coefficient (Wildman–Crippen LogP) is 5.21. The molecule has 2 aromatic carbocycles. The summed E-state index contributed by atoms with van der Waals surface area (Å²) in [6.07, 6.45) is 3.26. The van der Waals surface area contributed by atoms with Crippen molar-refractivity contribution in [2.24, 2.45) is 0 Å². The van der Waals surface area contributed by atoms with Gasteiger partial charge in [-0.1, -0.05) is 29.8 Å². The number of allylic oxidation sites excluding steroid dienone is 1. The van der Waals surface area contributed by atoms with Crippen molar-refractivity contribution in [1.29, 1.82) is 0 Å². The van der Waals surface area contributed by atoms with E-state index in [4.69, 9.17) is 4.74 Å². The second kappa shape index (κ2) is 7.35. The van der Waals surface area contributed by atoms with E-state index in [0.29, 0.717) is 5.95 Å². The summed E-state index contributed by atoms with van der Waals surface area (Å²) in [5, 5.41) is 6.37. The predicted molar refractivity (Wildman–Crippen MR) is 115 cm³/mol. The van der Waals surface area contributed by atoms with Gasteiger partial charge in [0.05, 0.1) is 7.11 Å². The number of anilines is 3. The molecule has 28 heavy (non-hydrogen) atoms. The molecule has 0 spiro atoms. The number of fused-ring (bicyclic) bond motifs is 1. The second-order valence-corrected chi connectivity index (χ2v) is 7.09. The monoisotopic (exact) mass is 372 g/mol. The zero-order valence-corrected chi connectivity index (χ0v) is 16.6. The van der Waals surface area contributed by atoms with Crippen molar-refractivity contribution in [1.82, 2.24) is 9.97 Å². The van der Waals surface area contributed by atoms with Gasteiger partial charge >= 0.3 is 0 Å². The minimum absolute atomic E-state index is 0.564. The molecule has 0 saturated heterocycles. The topological polar surface area (TPSA) is 59.1 Å². The minimum atomic E-state index is 0.564. The zero-order chi connectivity index (χ0) is 19.7. The highest BCUT2D eigenvalue weighted by Gasteiger charge is 2.14. The molecule has 0 amide bonds. The van der Waals surface area contributed by atoms with Gasteiger partial charge < -0.3 is 15.4 Å². The van der Waals surface area contributed by atoms with E-state index >= 15 is 0 Å². The van der Waals surface area contributed by atoms with Crippen LogP contribution < -0.4 is 15.4 Å². The fourth-order valence-corrected chi connectivity index (χ4v) is 3.58. The number of aromatic nitrogens is 2. The first-order chi connectivity index (χ1) is 13.6. The van der Waals surface area contributed by atoms with Crippen LogP contribution in [0.2, 0.25) is 0 Å². The lowest BCUT2D eigenvalue weighted by Gasteiger charge is -2.14. The molecule has 0 unspecified atom stereocenters. The van der Waals surface area contributed by atoms with E-state index in [1.807, 2.05) is 32.2 Å². The molecule has 1 heterocycles. The first-order valence-electron chi connectivity index (χ1n) is 9.34. The van der Waals surface area contributed by atoms with E-state index < -0.39 is 0 Å². The van der Waals surface area contributed by atoms with Crippen molar-refractivity contribution in [3.8, 4) is 16.9 Å². The number of methoxy groups -OCH3 is 1. The number of hydrogen-bond acceptors (Lipinski definition) is 5. The van der Waals surface area contributed by atoms with Gasteiger partial charge in [0, 0.05) is 30.1 Å². The molecule has 0 radical (unpaired) electrons. The van der Waals surface area contributed by atoms with Crippen LogP contribution in [-0.4, -0.2) is 24.1 Å². The Balaban J connectivity index is 1.69. The van der Waals surface area contributed by atoms with Crippen LogP contribution in [0.25, 0.3) is 17.2 Å². The van der Waals surface area contributed by atoms with E-state index in [2.05, 4.69) is 57.9 Å². The molecule has 1 aliphatic rings. The lowest BCUT2D eigenvalue weighted by molar-refractivity contribution is 0.416. The molecule has 4 rings (SSSR count). The van der Waals surface area contributed by atoms with Crippen molar-refractivity contribution >= 4 is 23.5 Å². The standard InChI is InChI=1S/C23H24N4O/c1-14-9-16-5-6-17(12-18(16)10-14)20-13-19(7-8-21(20)28-4)26-23-25-15(2)11-22(24-3)27-23/h5-9,11-13H,10H2,1-4H3,(H2,24,25,26,27). The quantitative estimate of drug-likeness (QED) is 0.644. The van der Waals surface area contributed by atoms with E-state index in [0.717, 1.165) is 40.5 Å². The minimum Gasteiger partial charge on any atom is -0.496 e. The van der Waals surface area contributed by atoms with Crippen molar-refractivity contribution in [2.45, 2.75) is 20.3 Å². The normalized spacial score (nSPS) is 12.4. The highest BCUT2D eigenvalue weighted by atomic mass is 16.5. The average molecular weight is 372 g/mol. The molecule has 3 aromatic rings. The molecule has 0 fully saturated rings. The number of nitrogens with one attached hydrogen (secondary N) is 2. The molecular weight excluding hydrogens is 348 g/mol. The Kier molecular flexibility index (Phi) is 4.74. The summed E-state index contributed by atoms with van der Waals surface area (Å²) in [6.45, 7) is 4.12. The molecule has 0 bridgehead atoms. The summed E-state index contributed by atoms with van der Waals surface area (Å²) in [6, 6.07) is 14.5. The summed E-state index contributed by atoms with van der Waals surface area (Å²) >= 11 is 0. The van der Waals surface area contributed by atoms with Crippen molar-refractivity contribution in [3.63, 3.8) is 0 Å². The summed E-state index contributed by atoms with van der Waals surface area (Å²) in [5.74, 6) is 2.19. The van der Waals surface area contributed by atoms with Gasteiger partial charge in [-0.2, -0.15) is 4.98 Å². The zero-order valence-electron chi connectivity index (χ0n) is 16.6. The van der Waals surface area contributed by atoms with Crippen LogP contribution in [0.5, 0.6) is 5.75 Å². The molecule has 2 N–H and O–H groups in total. The Morgan fingerprint density at radius 3 is 2.64 bits per heavy atom. The van der Waals surface area contributed by atoms with Gasteiger partial charge in [-0.25, -0.2) is 4.98 Å². The molecule has 142 valence electrons. The maximum atomic E-state index is 5.62. The molecule has 1 aliphatic carbocycles. The van der Waals surface area contributed by atoms with Crippen LogP contribution in [0, 0.1) is 6.92 Å². The Morgan fingerprint density at radius 1 is 1.00 bits per heavy atom. The highest BCUT2D eigenvalue weighted by molar-refractivity contribution is 5.78. The number of rotatable bonds is 5. The lowest BCUT2D eigenvalue weighted by atomic mass is 9.99. The Labute approximate surface area is 165 Å². The van der Waals surface area contributed by atoms with Crippen molar-refractivity contribution in [3.05, 3.63) is 64.9 Å². The molecule has 5 nitrogen and oxygen atoms in total. The van der Waals surface area contributed by atoms with Crippen LogP contribution in [-0.2, 0) is 6.42 Å². The number of ether oxygens (including phenoxy) is 1. The summed E-state index contributed by atoms with van der Waals surface area (Å²) in [4.78, 5) is 8.95.